The van der Waals surface area contributed by atoms with Crippen molar-refractivity contribution in [3.8, 4) is 0 Å². The third kappa shape index (κ3) is 3.19. The number of hydrogen-bond acceptors (Lipinski definition) is 5. The van der Waals surface area contributed by atoms with Crippen LogP contribution in [0, 0.1) is 45.3 Å². The average Bonchev–Trinajstić information content (AvgIpc) is 3.04. The lowest BCUT2D eigenvalue weighted by molar-refractivity contribution is -0.215. The molecular formula is C30H48O5. The smallest absolute Gasteiger partial charge is 0.341 e. The molecule has 1 aliphatic heterocycles. The van der Waals surface area contributed by atoms with Crippen LogP contribution in [0.1, 0.15) is 99.8 Å². The van der Waals surface area contributed by atoms with Crippen LogP contribution < -0.4 is 0 Å². The van der Waals surface area contributed by atoms with E-state index in [0.29, 0.717) is 24.4 Å². The van der Waals surface area contributed by atoms with Crippen LogP contribution in [0.4, 0.5) is 0 Å². The molecule has 0 aromatic rings. The Morgan fingerprint density at radius 2 is 1.71 bits per heavy atom. The number of cyclic esters (lactones) is 1. The first kappa shape index (κ1) is 25.7. The van der Waals surface area contributed by atoms with Gasteiger partial charge in [0.25, 0.3) is 0 Å². The maximum atomic E-state index is 12.5. The van der Waals surface area contributed by atoms with E-state index in [1.54, 1.807) is 5.57 Å². The Bertz CT molecular complexity index is 932. The molecule has 35 heavy (non-hydrogen) atoms. The van der Waals surface area contributed by atoms with Crippen molar-refractivity contribution in [2.75, 3.05) is 6.61 Å². The molecule has 3 N–H and O–H groups in total. The summed E-state index contributed by atoms with van der Waals surface area (Å²) in [6.45, 7) is 15.3. The normalized spacial score (nSPS) is 51.5. The van der Waals surface area contributed by atoms with Crippen molar-refractivity contribution >= 4 is 5.97 Å². The first-order chi connectivity index (χ1) is 16.0. The van der Waals surface area contributed by atoms with Gasteiger partial charge in [-0.1, -0.05) is 46.3 Å². The summed E-state index contributed by atoms with van der Waals surface area (Å²) in [5, 5.41) is 32.7. The summed E-state index contributed by atoms with van der Waals surface area (Å²) in [5.41, 5.74) is -1.46. The van der Waals surface area contributed by atoms with Gasteiger partial charge in [0, 0.05) is 0 Å². The zero-order valence-electron chi connectivity index (χ0n) is 23.0. The van der Waals surface area contributed by atoms with Gasteiger partial charge in [0.05, 0.1) is 18.3 Å². The summed E-state index contributed by atoms with van der Waals surface area (Å²) in [7, 11) is 0. The van der Waals surface area contributed by atoms with E-state index in [0.717, 1.165) is 44.9 Å². The Morgan fingerprint density at radius 1 is 1.03 bits per heavy atom. The van der Waals surface area contributed by atoms with E-state index in [4.69, 9.17) is 4.74 Å². The predicted octanol–water partition coefficient (Wildman–Crippen LogP) is 5.02. The largest absolute Gasteiger partial charge is 0.463 e. The van der Waals surface area contributed by atoms with Gasteiger partial charge in [-0.15, -0.1) is 0 Å². The minimum absolute atomic E-state index is 0.0452. The lowest BCUT2D eigenvalue weighted by atomic mass is 9.41. The molecule has 5 heteroatoms. The Morgan fingerprint density at radius 3 is 2.37 bits per heavy atom. The summed E-state index contributed by atoms with van der Waals surface area (Å²) in [5.74, 6) is 0.752. The SMILES string of the molecule is CC1(C)[C@H](O)CC[C@]2(C)[C@H]3CC[C@@]4(C)[C@H](C5COC(=O)[C@@](O)(C(C)(C)O)C5)CC[C@]4(C)C3=CC[C@@H]12. The van der Waals surface area contributed by atoms with Crippen LogP contribution in [-0.4, -0.2) is 45.2 Å². The summed E-state index contributed by atoms with van der Waals surface area (Å²) in [6, 6.07) is 0. The van der Waals surface area contributed by atoms with E-state index in [9.17, 15) is 20.1 Å². The molecule has 1 saturated heterocycles. The van der Waals surface area contributed by atoms with E-state index in [1.165, 1.54) is 13.8 Å². The summed E-state index contributed by atoms with van der Waals surface area (Å²) >= 11 is 0. The number of fused-ring (bicyclic) bond motifs is 5. The molecule has 5 nitrogen and oxygen atoms in total. The molecule has 0 amide bonds. The number of aliphatic hydroxyl groups excluding tert-OH is 1. The van der Waals surface area contributed by atoms with Gasteiger partial charge < -0.3 is 20.1 Å². The molecule has 5 rings (SSSR count). The number of ether oxygens (including phenoxy) is 1. The van der Waals surface area contributed by atoms with Crippen LogP contribution in [0.15, 0.2) is 11.6 Å². The van der Waals surface area contributed by atoms with Gasteiger partial charge in [0.2, 0.25) is 0 Å². The molecule has 0 bridgehead atoms. The maximum Gasteiger partial charge on any atom is 0.341 e. The number of carbonyl (C=O) groups is 1. The number of allylic oxidation sites excluding steroid dienone is 2. The first-order valence-corrected chi connectivity index (χ1v) is 14.0. The van der Waals surface area contributed by atoms with Gasteiger partial charge in [-0.3, -0.25) is 0 Å². The molecule has 0 aromatic heterocycles. The van der Waals surface area contributed by atoms with Crippen molar-refractivity contribution in [3.05, 3.63) is 11.6 Å². The molecule has 1 unspecified atom stereocenters. The van der Waals surface area contributed by atoms with Crippen molar-refractivity contribution in [2.45, 2.75) is 117 Å². The topological polar surface area (TPSA) is 87.0 Å². The fourth-order valence-corrected chi connectivity index (χ4v) is 10.1. The Labute approximate surface area is 211 Å². The van der Waals surface area contributed by atoms with E-state index in [1.807, 2.05) is 0 Å². The zero-order chi connectivity index (χ0) is 25.8. The lowest BCUT2D eigenvalue weighted by Crippen LogP contribution is -2.62. The Kier molecular flexibility index (Phi) is 5.56. The van der Waals surface area contributed by atoms with Gasteiger partial charge in [-0.25, -0.2) is 4.79 Å². The van der Waals surface area contributed by atoms with Crippen molar-refractivity contribution in [3.63, 3.8) is 0 Å². The van der Waals surface area contributed by atoms with Crippen LogP contribution in [0.5, 0.6) is 0 Å². The van der Waals surface area contributed by atoms with Crippen LogP contribution in [0.2, 0.25) is 0 Å². The van der Waals surface area contributed by atoms with Crippen LogP contribution in [0.25, 0.3) is 0 Å². The van der Waals surface area contributed by atoms with Crippen LogP contribution in [-0.2, 0) is 9.53 Å². The van der Waals surface area contributed by atoms with E-state index >= 15 is 0 Å². The minimum atomic E-state index is -1.86. The quantitative estimate of drug-likeness (QED) is 0.375. The van der Waals surface area contributed by atoms with Crippen LogP contribution in [0.3, 0.4) is 0 Å². The molecule has 4 aliphatic carbocycles. The second-order valence-electron chi connectivity index (χ2n) is 14.8. The lowest BCUT2D eigenvalue weighted by Gasteiger charge is -2.64. The third-order valence-corrected chi connectivity index (χ3v) is 12.8. The van der Waals surface area contributed by atoms with Gasteiger partial charge in [0.1, 0.15) is 0 Å². The Hall–Kier alpha value is -0.910. The fraction of sp³-hybridized carbons (Fsp3) is 0.900. The molecular weight excluding hydrogens is 440 g/mol. The molecule has 3 saturated carbocycles. The molecule has 198 valence electrons. The van der Waals surface area contributed by atoms with E-state index < -0.39 is 17.2 Å². The summed E-state index contributed by atoms with van der Waals surface area (Å²) in [4.78, 5) is 12.5. The zero-order valence-corrected chi connectivity index (χ0v) is 23.0. The molecule has 1 heterocycles. The summed E-state index contributed by atoms with van der Waals surface area (Å²) < 4.78 is 5.54. The molecule has 0 spiro atoms. The summed E-state index contributed by atoms with van der Waals surface area (Å²) in [6.07, 6.45) is 10.1. The molecule has 9 atom stereocenters. The van der Waals surface area contributed by atoms with E-state index in [-0.39, 0.29) is 40.1 Å². The first-order valence-electron chi connectivity index (χ1n) is 14.0. The van der Waals surface area contributed by atoms with Gasteiger partial charge in [-0.2, -0.15) is 0 Å². The van der Waals surface area contributed by atoms with Crippen molar-refractivity contribution in [1.29, 1.82) is 0 Å². The highest BCUT2D eigenvalue weighted by Gasteiger charge is 2.67. The number of esters is 1. The highest BCUT2D eigenvalue weighted by molar-refractivity contribution is 5.81. The third-order valence-electron chi connectivity index (χ3n) is 12.8. The van der Waals surface area contributed by atoms with Crippen molar-refractivity contribution < 1.29 is 24.9 Å². The van der Waals surface area contributed by atoms with Crippen molar-refractivity contribution in [2.24, 2.45) is 45.3 Å². The van der Waals surface area contributed by atoms with Gasteiger partial charge >= 0.3 is 5.97 Å². The second kappa shape index (κ2) is 7.57. The average molecular weight is 489 g/mol. The highest BCUT2D eigenvalue weighted by Crippen LogP contribution is 2.73. The standard InChI is InChI=1S/C30H48O5/c1-25(2)22-9-8-21-20(27(22,5)13-12-23(25)31)11-15-28(6)19(10-14-29(21,28)7)18-16-30(34,26(3,4)33)24(32)35-17-18/h8,18-20,22-23,31,33-34H,9-17H2,1-7H3/t18?,19-,20-,22-,23+,27+,28-,29+,30+/m0/s1. The minimum Gasteiger partial charge on any atom is -0.463 e. The fourth-order valence-electron chi connectivity index (χ4n) is 10.1. The van der Waals surface area contributed by atoms with Crippen LogP contribution >= 0.6 is 0 Å². The monoisotopic (exact) mass is 488 g/mol. The van der Waals surface area contributed by atoms with Crippen molar-refractivity contribution in [1.82, 2.24) is 0 Å². The van der Waals surface area contributed by atoms with Gasteiger partial charge in [-0.05, 0) is 111 Å². The number of hydrogen-bond donors (Lipinski definition) is 3. The number of rotatable bonds is 2. The molecule has 4 fully saturated rings. The molecule has 0 aromatic carbocycles. The second-order valence-corrected chi connectivity index (χ2v) is 14.8. The highest BCUT2D eigenvalue weighted by atomic mass is 16.6. The number of aliphatic hydroxyl groups is 3. The van der Waals surface area contributed by atoms with Gasteiger partial charge in [0.15, 0.2) is 5.60 Å². The predicted molar refractivity (Wildman–Crippen MR) is 135 cm³/mol. The maximum absolute atomic E-state index is 12.5. The molecule has 0 radical (unpaired) electrons. The van der Waals surface area contributed by atoms with E-state index in [2.05, 4.69) is 40.7 Å². The molecule has 5 aliphatic rings. The number of carbonyl (C=O) groups excluding carboxylic acids is 1. The Balaban J connectivity index is 1.47.